The lowest BCUT2D eigenvalue weighted by molar-refractivity contribution is -0.152. The van der Waals surface area contributed by atoms with Gasteiger partial charge < -0.3 is 76.2 Å². The molecule has 1 aromatic carbocycles. The Hall–Kier alpha value is -6.41. The number of allylic oxidation sites excluding steroid dienone is 2. The molecular weight excluding hydrogens is 1150 g/mol. The van der Waals surface area contributed by atoms with Crippen LogP contribution >= 0.6 is 15.9 Å². The number of aliphatic hydroxyl groups is 1. The summed E-state index contributed by atoms with van der Waals surface area (Å²) in [7, 11) is 0. The lowest BCUT2D eigenvalue weighted by Gasteiger charge is -2.39. The zero-order chi connectivity index (χ0) is 61.5. The first kappa shape index (κ1) is 68.4. The Morgan fingerprint density at radius 1 is 0.869 bits per heavy atom. The number of piperazine rings is 1. The van der Waals surface area contributed by atoms with Gasteiger partial charge in [0.1, 0.15) is 42.6 Å². The van der Waals surface area contributed by atoms with E-state index < -0.39 is 72.0 Å². The number of epoxide rings is 1. The summed E-state index contributed by atoms with van der Waals surface area (Å²) in [5.74, 6) is -2.52. The predicted molar refractivity (Wildman–Crippen MR) is 315 cm³/mol. The molecule has 5 rings (SSSR count). The molecule has 9 amide bonds. The summed E-state index contributed by atoms with van der Waals surface area (Å²) in [6.45, 7) is 14.6. The van der Waals surface area contributed by atoms with E-state index in [1.807, 2.05) is 19.9 Å². The Kier molecular flexibility index (Phi) is 27.6. The minimum Gasteiger partial charge on any atom is -0.459 e. The summed E-state index contributed by atoms with van der Waals surface area (Å²) in [5.41, 5.74) is 6.41. The molecule has 0 saturated carbocycles. The third kappa shape index (κ3) is 22.9. The molecule has 4 fully saturated rings. The van der Waals surface area contributed by atoms with Crippen LogP contribution in [0, 0.1) is 11.8 Å². The van der Waals surface area contributed by atoms with E-state index in [0.717, 1.165) is 12.0 Å². The van der Waals surface area contributed by atoms with Gasteiger partial charge in [-0.05, 0) is 94.9 Å². The summed E-state index contributed by atoms with van der Waals surface area (Å²) < 4.78 is 29.1. The minimum absolute atomic E-state index is 0.0627. The van der Waals surface area contributed by atoms with E-state index in [9.17, 15) is 48.3 Å². The van der Waals surface area contributed by atoms with Crippen LogP contribution in [0.4, 0.5) is 15.3 Å². The van der Waals surface area contributed by atoms with Gasteiger partial charge in [-0.25, -0.2) is 9.59 Å². The number of amides is 9. The Morgan fingerprint density at radius 3 is 2.21 bits per heavy atom. The van der Waals surface area contributed by atoms with Crippen LogP contribution in [0.25, 0.3) is 0 Å². The highest BCUT2D eigenvalue weighted by Gasteiger charge is 2.58. The fraction of sp³-hybridized carbons (Fsp3) is 0.644. The number of benzene rings is 1. The molecule has 11 atom stereocenters. The summed E-state index contributed by atoms with van der Waals surface area (Å²) >= 11 is 3.10. The topological polar surface area (TPSA) is 328 Å². The first-order chi connectivity index (χ1) is 39.9. The van der Waals surface area contributed by atoms with Crippen molar-refractivity contribution < 1.29 is 71.9 Å². The highest BCUT2D eigenvalue weighted by Crippen LogP contribution is 2.43. The van der Waals surface area contributed by atoms with Gasteiger partial charge in [-0.15, -0.1) is 0 Å². The number of alkyl halides is 1. The van der Waals surface area contributed by atoms with Crippen molar-refractivity contribution in [1.82, 2.24) is 36.4 Å². The number of anilines is 1. The molecule has 4 aliphatic rings. The molecule has 84 heavy (non-hydrogen) atoms. The normalized spacial score (nSPS) is 24.4. The molecule has 11 unspecified atom stereocenters. The van der Waals surface area contributed by atoms with Crippen molar-refractivity contribution in [2.75, 3.05) is 56.5 Å². The molecule has 0 radical (unpaired) electrons. The predicted octanol–water partition coefficient (Wildman–Crippen LogP) is 3.93. The van der Waals surface area contributed by atoms with Gasteiger partial charge in [0.2, 0.25) is 35.4 Å². The average Bonchev–Trinajstić information content (AvgIpc) is 2.67. The van der Waals surface area contributed by atoms with E-state index >= 15 is 0 Å². The van der Waals surface area contributed by atoms with Crippen LogP contribution in [0.2, 0.25) is 0 Å². The monoisotopic (exact) mass is 1240 g/mol. The number of nitrogens with two attached hydrogens (primary N) is 1. The number of nitrogens with zero attached hydrogens (tertiary/aromatic N) is 2. The number of primary amides is 1. The Labute approximate surface area is 501 Å². The summed E-state index contributed by atoms with van der Waals surface area (Å²) in [4.78, 5) is 117. The minimum atomic E-state index is -1.04. The molecule has 466 valence electrons. The number of carbonyl (C=O) groups is 9. The molecular formula is C59H88BrN9O15. The number of nitrogens with one attached hydrogen (secondary N) is 6. The summed E-state index contributed by atoms with van der Waals surface area (Å²) in [6, 6.07) is 3.75. The second kappa shape index (κ2) is 33.9. The van der Waals surface area contributed by atoms with Crippen molar-refractivity contribution in [3.8, 4) is 0 Å². The zero-order valence-corrected chi connectivity index (χ0v) is 51.1. The van der Waals surface area contributed by atoms with Gasteiger partial charge in [0.05, 0.1) is 42.7 Å². The summed E-state index contributed by atoms with van der Waals surface area (Å²) in [5, 5.41) is 28.1. The van der Waals surface area contributed by atoms with Gasteiger partial charge in [0, 0.05) is 70.8 Å². The Bertz CT molecular complexity index is 2500. The lowest BCUT2D eigenvalue weighted by Crippen LogP contribution is -2.54. The van der Waals surface area contributed by atoms with E-state index in [2.05, 4.69) is 60.8 Å². The number of unbranched alkanes of at least 4 members (excludes halogenated alkanes) is 2. The van der Waals surface area contributed by atoms with Crippen LogP contribution in [0.15, 0.2) is 60.2 Å². The van der Waals surface area contributed by atoms with Gasteiger partial charge in [0.25, 0.3) is 0 Å². The van der Waals surface area contributed by atoms with Crippen LogP contribution in [0.3, 0.4) is 0 Å². The maximum atomic E-state index is 13.7. The van der Waals surface area contributed by atoms with E-state index in [0.29, 0.717) is 62.9 Å². The molecule has 9 N–H and O–H groups in total. The molecule has 1 aromatic rings. The molecule has 25 heteroatoms. The van der Waals surface area contributed by atoms with E-state index in [4.69, 9.17) is 29.4 Å². The van der Waals surface area contributed by atoms with E-state index in [1.54, 1.807) is 56.0 Å². The zero-order valence-electron chi connectivity index (χ0n) is 49.5. The maximum Gasteiger partial charge on any atom is 0.410 e. The van der Waals surface area contributed by atoms with Crippen molar-refractivity contribution in [2.45, 2.75) is 180 Å². The third-order valence-electron chi connectivity index (χ3n) is 15.2. The Balaban J connectivity index is 1.04. The molecule has 4 heterocycles. The second-order valence-electron chi connectivity index (χ2n) is 22.5. The van der Waals surface area contributed by atoms with E-state index in [1.165, 1.54) is 24.0 Å². The highest BCUT2D eigenvalue weighted by molar-refractivity contribution is 9.09. The molecule has 0 aromatic heterocycles. The second-order valence-corrected chi connectivity index (χ2v) is 23.1. The lowest BCUT2D eigenvalue weighted by atomic mass is 9.87. The van der Waals surface area contributed by atoms with Crippen LogP contribution in [0.5, 0.6) is 0 Å². The van der Waals surface area contributed by atoms with Crippen molar-refractivity contribution in [2.24, 2.45) is 17.6 Å². The van der Waals surface area contributed by atoms with Gasteiger partial charge in [0.15, 0.2) is 0 Å². The number of hydrogen-bond donors (Lipinski definition) is 8. The Morgan fingerprint density at radius 2 is 1.56 bits per heavy atom. The third-order valence-corrected chi connectivity index (χ3v) is 15.7. The molecule has 24 nitrogen and oxygen atoms in total. The van der Waals surface area contributed by atoms with Crippen molar-refractivity contribution in [3.63, 3.8) is 0 Å². The first-order valence-electron chi connectivity index (χ1n) is 29.1. The van der Waals surface area contributed by atoms with Crippen LogP contribution in [0.1, 0.15) is 118 Å². The average molecular weight is 1240 g/mol. The summed E-state index contributed by atoms with van der Waals surface area (Å²) in [6.07, 6.45) is 9.54. The first-order valence-corrected chi connectivity index (χ1v) is 30.3. The van der Waals surface area contributed by atoms with E-state index in [-0.39, 0.29) is 118 Å². The number of aliphatic hydroxyl groups excluding tert-OH is 1. The van der Waals surface area contributed by atoms with Crippen molar-refractivity contribution in [1.29, 1.82) is 0 Å². The highest BCUT2D eigenvalue weighted by atomic mass is 79.9. The fourth-order valence-corrected chi connectivity index (χ4v) is 10.4. The SMILES string of the molecule is CC(=O)OC(C)C=CC(=O)NC1CC(C)C(CC=C(C)C=CC2OC(CC(=O)N3CCN(C(=O)OCc4ccc(NC(=O)C(CCCNC(N)=O)NC(=O)C(NC(=O)CCCCCNC(=O)CBr)C(C)C)cc4)CC3)CC3(CO3)C2O)OC1C. The maximum absolute atomic E-state index is 13.7. The number of urea groups is 1. The number of esters is 1. The van der Waals surface area contributed by atoms with Crippen LogP contribution < -0.4 is 37.6 Å². The van der Waals surface area contributed by atoms with Gasteiger partial charge in [-0.2, -0.15) is 0 Å². The molecule has 1 spiro atoms. The number of carbonyl (C=O) groups excluding carboxylic acids is 9. The molecule has 4 aliphatic heterocycles. The van der Waals surface area contributed by atoms with Crippen molar-refractivity contribution >= 4 is 75.2 Å². The van der Waals surface area contributed by atoms with Crippen LogP contribution in [-0.2, 0) is 63.9 Å². The van der Waals surface area contributed by atoms with Gasteiger partial charge >= 0.3 is 18.1 Å². The largest absolute Gasteiger partial charge is 0.459 e. The van der Waals surface area contributed by atoms with Gasteiger partial charge in [-0.3, -0.25) is 33.6 Å². The number of rotatable bonds is 29. The quantitative estimate of drug-likeness (QED) is 0.0141. The molecule has 0 bridgehead atoms. The molecule has 4 saturated heterocycles. The fourth-order valence-electron chi connectivity index (χ4n) is 10.2. The number of hydrogen-bond acceptors (Lipinski definition) is 15. The van der Waals surface area contributed by atoms with Crippen LogP contribution in [-0.4, -0.2) is 180 Å². The smallest absolute Gasteiger partial charge is 0.410 e. The number of halogens is 1. The van der Waals surface area contributed by atoms with Crippen molar-refractivity contribution in [3.05, 3.63) is 65.8 Å². The number of ether oxygens (including phenoxy) is 5. The molecule has 0 aliphatic carbocycles. The standard InChI is InChI=1S/C59H88BrN9O15/c1-36(2)53(67-49(71)13-9-8-10-24-62-51(73)33-60)56(77)66-45(12-11-25-63-57(61)78)55(76)64-43-19-17-42(18-20-43)34-80-58(79)69-28-26-68(27-29-69)52(74)31-44-32-59(35-81-59)54(75)48(84-44)22-15-37(3)14-21-47-38(4)30-46(40(6)83-47)65-50(72)23-16-39(5)82-41(7)70/h14-20,22-23,36,38-40,44-48,53-54,75H,8-13,21,24-35H2,1-7H3,(H,62,73)(H,64,76)(H,65,72)(H,66,77)(H,67,71)(H3,61,63,78). The van der Waals surface area contributed by atoms with Gasteiger partial charge in [-0.1, -0.05) is 79.1 Å².